The minimum Gasteiger partial charge on any atom is -0.360 e. The molecule has 3 aromatic heterocycles. The normalized spacial score (nSPS) is 12.5. The number of nitriles is 1. The smallest absolute Gasteiger partial charge is 0.168 e. The van der Waals surface area contributed by atoms with E-state index < -0.39 is 0 Å². The highest BCUT2D eigenvalue weighted by Gasteiger charge is 2.17. The Hall–Kier alpha value is -2.39. The Labute approximate surface area is 133 Å². The molecule has 0 saturated carbocycles. The maximum absolute atomic E-state index is 9.40. The molecule has 1 atom stereocenters. The van der Waals surface area contributed by atoms with Gasteiger partial charge >= 0.3 is 0 Å². The van der Waals surface area contributed by atoms with Gasteiger partial charge in [0.25, 0.3) is 0 Å². The summed E-state index contributed by atoms with van der Waals surface area (Å²) in [5.41, 5.74) is 2.26. The number of rotatable bonds is 4. The third kappa shape index (κ3) is 2.55. The largest absolute Gasteiger partial charge is 0.360 e. The average molecular weight is 311 g/mol. The zero-order chi connectivity index (χ0) is 15.7. The first-order valence-corrected chi connectivity index (χ1v) is 8.07. The van der Waals surface area contributed by atoms with Crippen molar-refractivity contribution in [3.8, 4) is 6.07 Å². The Bertz CT molecular complexity index is 840. The SMILES string of the molecule is CC(C)c1nc(C(C)Nc2nc3ccccn3c2C#N)cs1. The Morgan fingerprint density at radius 3 is 2.77 bits per heavy atom. The van der Waals surface area contributed by atoms with Gasteiger partial charge in [-0.3, -0.25) is 4.40 Å². The molecular weight excluding hydrogens is 294 g/mol. The van der Waals surface area contributed by atoms with E-state index in [1.165, 1.54) is 0 Å². The number of imidazole rings is 1. The van der Waals surface area contributed by atoms with Crippen molar-refractivity contribution in [1.82, 2.24) is 14.4 Å². The maximum atomic E-state index is 9.40. The monoisotopic (exact) mass is 311 g/mol. The van der Waals surface area contributed by atoms with E-state index >= 15 is 0 Å². The van der Waals surface area contributed by atoms with Gasteiger partial charge in [0.1, 0.15) is 11.7 Å². The summed E-state index contributed by atoms with van der Waals surface area (Å²) in [5, 5.41) is 15.9. The molecule has 0 aliphatic heterocycles. The van der Waals surface area contributed by atoms with Crippen molar-refractivity contribution in [1.29, 1.82) is 5.26 Å². The van der Waals surface area contributed by atoms with Crippen LogP contribution in [0.5, 0.6) is 0 Å². The minimum absolute atomic E-state index is 0.000706. The lowest BCUT2D eigenvalue weighted by Gasteiger charge is -2.11. The van der Waals surface area contributed by atoms with E-state index in [1.807, 2.05) is 31.3 Å². The lowest BCUT2D eigenvalue weighted by molar-refractivity contribution is 0.799. The first kappa shape index (κ1) is 14.5. The zero-order valence-electron chi connectivity index (χ0n) is 12.7. The van der Waals surface area contributed by atoms with Crippen LogP contribution < -0.4 is 5.32 Å². The van der Waals surface area contributed by atoms with Crippen LogP contribution in [0.15, 0.2) is 29.8 Å². The number of anilines is 1. The van der Waals surface area contributed by atoms with Crippen LogP contribution >= 0.6 is 11.3 Å². The van der Waals surface area contributed by atoms with Crippen LogP contribution in [0.25, 0.3) is 5.65 Å². The van der Waals surface area contributed by atoms with Crippen LogP contribution in [0.3, 0.4) is 0 Å². The second kappa shape index (κ2) is 5.78. The van der Waals surface area contributed by atoms with Gasteiger partial charge in [0.15, 0.2) is 11.5 Å². The Morgan fingerprint density at radius 2 is 2.09 bits per heavy atom. The second-order valence-electron chi connectivity index (χ2n) is 5.48. The molecule has 112 valence electrons. The average Bonchev–Trinajstić information content (AvgIpc) is 3.11. The van der Waals surface area contributed by atoms with Crippen molar-refractivity contribution < 1.29 is 0 Å². The fourth-order valence-electron chi connectivity index (χ4n) is 2.25. The summed E-state index contributed by atoms with van der Waals surface area (Å²) in [4.78, 5) is 9.15. The molecule has 0 spiro atoms. The number of nitrogens with one attached hydrogen (secondary N) is 1. The number of aromatic nitrogens is 3. The van der Waals surface area contributed by atoms with Crippen molar-refractivity contribution in [2.24, 2.45) is 0 Å². The number of nitrogens with zero attached hydrogens (tertiary/aromatic N) is 4. The molecule has 0 amide bonds. The predicted molar refractivity (Wildman–Crippen MR) is 88.1 cm³/mol. The molecule has 6 heteroatoms. The highest BCUT2D eigenvalue weighted by molar-refractivity contribution is 7.09. The molecule has 1 unspecified atom stereocenters. The van der Waals surface area contributed by atoms with E-state index in [0.717, 1.165) is 16.3 Å². The summed E-state index contributed by atoms with van der Waals surface area (Å²) in [6, 6.07) is 7.90. The Kier molecular flexibility index (Phi) is 3.82. The summed E-state index contributed by atoms with van der Waals surface area (Å²) in [7, 11) is 0. The lowest BCUT2D eigenvalue weighted by Crippen LogP contribution is -2.09. The van der Waals surface area contributed by atoms with Crippen LogP contribution in [-0.4, -0.2) is 14.4 Å². The van der Waals surface area contributed by atoms with Crippen LogP contribution in [0, 0.1) is 11.3 Å². The summed E-state index contributed by atoms with van der Waals surface area (Å²) in [6.07, 6.45) is 1.84. The van der Waals surface area contributed by atoms with Gasteiger partial charge < -0.3 is 5.32 Å². The Balaban J connectivity index is 1.90. The molecule has 22 heavy (non-hydrogen) atoms. The first-order valence-electron chi connectivity index (χ1n) is 7.19. The fraction of sp³-hybridized carbons (Fsp3) is 0.312. The quantitative estimate of drug-likeness (QED) is 0.792. The fourth-order valence-corrected chi connectivity index (χ4v) is 3.18. The van der Waals surface area contributed by atoms with E-state index in [2.05, 4.69) is 40.6 Å². The first-order chi connectivity index (χ1) is 10.6. The van der Waals surface area contributed by atoms with Crippen molar-refractivity contribution in [3.05, 3.63) is 46.2 Å². The van der Waals surface area contributed by atoms with E-state index in [4.69, 9.17) is 0 Å². The van der Waals surface area contributed by atoms with Crippen LogP contribution in [0.2, 0.25) is 0 Å². The van der Waals surface area contributed by atoms with Crippen molar-refractivity contribution in [2.45, 2.75) is 32.7 Å². The van der Waals surface area contributed by atoms with Gasteiger partial charge in [-0.15, -0.1) is 11.3 Å². The highest BCUT2D eigenvalue weighted by atomic mass is 32.1. The zero-order valence-corrected chi connectivity index (χ0v) is 13.6. The summed E-state index contributed by atoms with van der Waals surface area (Å²) in [6.45, 7) is 6.30. The van der Waals surface area contributed by atoms with E-state index in [1.54, 1.807) is 15.7 Å². The molecule has 0 radical (unpaired) electrons. The third-order valence-electron chi connectivity index (χ3n) is 3.47. The van der Waals surface area contributed by atoms with Crippen molar-refractivity contribution >= 4 is 22.8 Å². The van der Waals surface area contributed by atoms with Crippen molar-refractivity contribution in [2.75, 3.05) is 5.32 Å². The molecule has 3 rings (SSSR count). The molecule has 0 bridgehead atoms. The van der Waals surface area contributed by atoms with E-state index in [-0.39, 0.29) is 6.04 Å². The molecule has 3 aromatic rings. The van der Waals surface area contributed by atoms with Gasteiger partial charge in [0, 0.05) is 17.5 Å². The van der Waals surface area contributed by atoms with Gasteiger partial charge in [-0.1, -0.05) is 19.9 Å². The van der Waals surface area contributed by atoms with Gasteiger partial charge in [0.2, 0.25) is 0 Å². The van der Waals surface area contributed by atoms with Crippen LogP contribution in [0.1, 0.15) is 49.1 Å². The molecule has 0 saturated heterocycles. The molecule has 3 heterocycles. The summed E-state index contributed by atoms with van der Waals surface area (Å²) >= 11 is 1.67. The van der Waals surface area contributed by atoms with Gasteiger partial charge in [-0.25, -0.2) is 9.97 Å². The molecule has 1 N–H and O–H groups in total. The lowest BCUT2D eigenvalue weighted by atomic mass is 10.2. The van der Waals surface area contributed by atoms with Crippen LogP contribution in [-0.2, 0) is 0 Å². The third-order valence-corrected chi connectivity index (χ3v) is 4.63. The standard InChI is InChI=1S/C16H17N5S/c1-10(2)16-19-12(9-22-16)11(3)18-15-13(8-17)21-7-5-4-6-14(21)20-15/h4-7,9-11,18H,1-3H3. The number of pyridine rings is 1. The number of hydrogen-bond acceptors (Lipinski definition) is 5. The highest BCUT2D eigenvalue weighted by Crippen LogP contribution is 2.26. The summed E-state index contributed by atoms with van der Waals surface area (Å²) in [5.74, 6) is 1.02. The molecule has 0 aliphatic carbocycles. The number of hydrogen-bond donors (Lipinski definition) is 1. The molecule has 0 aliphatic rings. The number of fused-ring (bicyclic) bond motifs is 1. The maximum Gasteiger partial charge on any atom is 0.168 e. The predicted octanol–water partition coefficient (Wildman–Crippen LogP) is 3.96. The van der Waals surface area contributed by atoms with E-state index in [0.29, 0.717) is 17.4 Å². The topological polar surface area (TPSA) is 66.0 Å². The van der Waals surface area contributed by atoms with Gasteiger partial charge in [-0.2, -0.15) is 5.26 Å². The number of thiazole rings is 1. The molecule has 0 aromatic carbocycles. The van der Waals surface area contributed by atoms with Gasteiger partial charge in [-0.05, 0) is 19.1 Å². The van der Waals surface area contributed by atoms with Crippen molar-refractivity contribution in [3.63, 3.8) is 0 Å². The molecular formula is C16H17N5S. The van der Waals surface area contributed by atoms with E-state index in [9.17, 15) is 5.26 Å². The Morgan fingerprint density at radius 1 is 1.27 bits per heavy atom. The second-order valence-corrected chi connectivity index (χ2v) is 6.37. The van der Waals surface area contributed by atoms with Crippen LogP contribution in [0.4, 0.5) is 5.82 Å². The molecule has 0 fully saturated rings. The summed E-state index contributed by atoms with van der Waals surface area (Å²) < 4.78 is 1.79. The van der Waals surface area contributed by atoms with Gasteiger partial charge in [0.05, 0.1) is 16.7 Å². The molecule has 5 nitrogen and oxygen atoms in total. The minimum atomic E-state index is 0.000706.